The molecule has 0 saturated carbocycles. The summed E-state index contributed by atoms with van der Waals surface area (Å²) in [4.78, 5) is 12.5. The van der Waals surface area contributed by atoms with Crippen molar-refractivity contribution in [2.45, 2.75) is 21.0 Å². The Balaban J connectivity index is 1.86. The van der Waals surface area contributed by atoms with Gasteiger partial charge >= 0.3 is 0 Å². The first-order valence-corrected chi connectivity index (χ1v) is 11.3. The molecule has 0 fully saturated rings. The number of methoxy groups -OCH3 is 2. The Hall–Kier alpha value is -2.92. The maximum atomic E-state index is 12.5. The summed E-state index contributed by atoms with van der Waals surface area (Å²) in [6, 6.07) is 19.6. The number of anilines is 1. The zero-order valence-electron chi connectivity index (χ0n) is 16.7. The van der Waals surface area contributed by atoms with Gasteiger partial charge in [0.25, 0.3) is 15.7 Å². The summed E-state index contributed by atoms with van der Waals surface area (Å²) in [5, 5.41) is 11.3. The van der Waals surface area contributed by atoms with E-state index >= 15 is 0 Å². The standard InChI is InChI=1S/C21H20N2O6S2/c1-28-21(29-2)19-14-17(11-12-20(19)23(24)25)30-16-8-6-7-15(13-16)22-31(26,27)18-9-4-3-5-10-18/h3-14,21-22H,1-2H3. The fourth-order valence-corrected chi connectivity index (χ4v) is 4.87. The topological polar surface area (TPSA) is 108 Å². The van der Waals surface area contributed by atoms with Crippen LogP contribution in [-0.2, 0) is 19.5 Å². The summed E-state index contributed by atoms with van der Waals surface area (Å²) in [6.07, 6.45) is -0.884. The number of nitro benzene ring substituents is 1. The molecule has 0 aliphatic carbocycles. The zero-order valence-corrected chi connectivity index (χ0v) is 18.4. The number of nitro groups is 1. The lowest BCUT2D eigenvalue weighted by molar-refractivity contribution is -0.387. The van der Waals surface area contributed by atoms with Gasteiger partial charge in [-0.25, -0.2) is 8.42 Å². The van der Waals surface area contributed by atoms with Crippen molar-refractivity contribution in [1.82, 2.24) is 0 Å². The molecule has 0 amide bonds. The molecular weight excluding hydrogens is 440 g/mol. The van der Waals surface area contributed by atoms with E-state index in [-0.39, 0.29) is 10.6 Å². The molecule has 0 aromatic heterocycles. The monoisotopic (exact) mass is 460 g/mol. The van der Waals surface area contributed by atoms with Gasteiger partial charge in [-0.15, -0.1) is 0 Å². The molecule has 0 atom stereocenters. The van der Waals surface area contributed by atoms with Gasteiger partial charge < -0.3 is 9.47 Å². The lowest BCUT2D eigenvalue weighted by atomic mass is 10.1. The number of hydrogen-bond donors (Lipinski definition) is 1. The third kappa shape index (κ3) is 5.61. The minimum atomic E-state index is -3.71. The number of benzene rings is 3. The van der Waals surface area contributed by atoms with Gasteiger partial charge in [0.15, 0.2) is 6.29 Å². The van der Waals surface area contributed by atoms with Gasteiger partial charge in [0, 0.05) is 35.8 Å². The van der Waals surface area contributed by atoms with E-state index in [0.29, 0.717) is 16.1 Å². The number of sulfonamides is 1. The largest absolute Gasteiger partial charge is 0.351 e. The molecule has 31 heavy (non-hydrogen) atoms. The van der Waals surface area contributed by atoms with Crippen LogP contribution in [0.1, 0.15) is 11.9 Å². The number of hydrogen-bond acceptors (Lipinski definition) is 7. The van der Waals surface area contributed by atoms with E-state index in [1.807, 2.05) is 6.07 Å². The lowest BCUT2D eigenvalue weighted by Gasteiger charge is -2.15. The molecule has 0 saturated heterocycles. The van der Waals surface area contributed by atoms with Crippen LogP contribution in [0.15, 0.2) is 87.5 Å². The molecule has 3 aromatic rings. The molecule has 0 radical (unpaired) electrons. The predicted octanol–water partition coefficient (Wildman–Crippen LogP) is 4.84. The molecule has 0 spiro atoms. The van der Waals surface area contributed by atoms with E-state index in [4.69, 9.17) is 9.47 Å². The van der Waals surface area contributed by atoms with E-state index in [0.717, 1.165) is 4.90 Å². The van der Waals surface area contributed by atoms with Gasteiger partial charge in [0.1, 0.15) is 0 Å². The van der Waals surface area contributed by atoms with Crippen molar-refractivity contribution in [3.8, 4) is 0 Å². The van der Waals surface area contributed by atoms with Crippen LogP contribution in [0.25, 0.3) is 0 Å². The first-order chi connectivity index (χ1) is 14.8. The highest BCUT2D eigenvalue weighted by atomic mass is 32.2. The van der Waals surface area contributed by atoms with Crippen LogP contribution < -0.4 is 4.72 Å². The number of nitrogens with zero attached hydrogens (tertiary/aromatic N) is 1. The average Bonchev–Trinajstić information content (AvgIpc) is 2.75. The number of ether oxygens (including phenoxy) is 2. The molecule has 162 valence electrons. The molecule has 8 nitrogen and oxygen atoms in total. The predicted molar refractivity (Wildman–Crippen MR) is 118 cm³/mol. The van der Waals surface area contributed by atoms with Crippen molar-refractivity contribution in [1.29, 1.82) is 0 Å². The van der Waals surface area contributed by atoms with Crippen molar-refractivity contribution >= 4 is 33.2 Å². The smallest absolute Gasteiger partial charge is 0.277 e. The Morgan fingerprint density at radius 2 is 1.61 bits per heavy atom. The summed E-state index contributed by atoms with van der Waals surface area (Å²) in [6.45, 7) is 0. The van der Waals surface area contributed by atoms with Crippen molar-refractivity contribution in [3.05, 3.63) is 88.5 Å². The minimum absolute atomic E-state index is 0.109. The molecule has 1 N–H and O–H groups in total. The molecule has 0 aliphatic heterocycles. The number of nitrogens with one attached hydrogen (secondary N) is 1. The zero-order chi connectivity index (χ0) is 22.4. The number of rotatable bonds is 9. The van der Waals surface area contributed by atoms with E-state index in [1.165, 1.54) is 44.2 Å². The highest BCUT2D eigenvalue weighted by molar-refractivity contribution is 7.99. The average molecular weight is 461 g/mol. The Bertz CT molecular complexity index is 1170. The summed E-state index contributed by atoms with van der Waals surface area (Å²) in [5.74, 6) is 0. The summed E-state index contributed by atoms with van der Waals surface area (Å²) >= 11 is 1.33. The van der Waals surface area contributed by atoms with Crippen molar-refractivity contribution in [3.63, 3.8) is 0 Å². The van der Waals surface area contributed by atoms with Crippen molar-refractivity contribution in [2.75, 3.05) is 18.9 Å². The fourth-order valence-electron chi connectivity index (χ4n) is 2.87. The second-order valence-corrected chi connectivity index (χ2v) is 9.16. The summed E-state index contributed by atoms with van der Waals surface area (Å²) < 4.78 is 38.0. The van der Waals surface area contributed by atoms with Gasteiger partial charge in [-0.05, 0) is 42.5 Å². The maximum Gasteiger partial charge on any atom is 0.277 e. The van der Waals surface area contributed by atoms with Crippen LogP contribution in [-0.4, -0.2) is 27.6 Å². The van der Waals surface area contributed by atoms with Crippen LogP contribution in [0.2, 0.25) is 0 Å². The quantitative estimate of drug-likeness (QED) is 0.277. The highest BCUT2D eigenvalue weighted by Crippen LogP contribution is 2.36. The maximum absolute atomic E-state index is 12.5. The van der Waals surface area contributed by atoms with E-state index in [2.05, 4.69) is 4.72 Å². The van der Waals surface area contributed by atoms with Crippen LogP contribution >= 0.6 is 11.8 Å². The van der Waals surface area contributed by atoms with Gasteiger partial charge in [-0.1, -0.05) is 36.0 Å². The lowest BCUT2D eigenvalue weighted by Crippen LogP contribution is -2.12. The molecule has 10 heteroatoms. The van der Waals surface area contributed by atoms with Crippen LogP contribution in [0.5, 0.6) is 0 Å². The third-order valence-corrected chi connectivity index (χ3v) is 6.63. The Morgan fingerprint density at radius 1 is 0.935 bits per heavy atom. The Kier molecular flexibility index (Phi) is 7.29. The molecule has 3 aromatic carbocycles. The van der Waals surface area contributed by atoms with E-state index < -0.39 is 21.2 Å². The fraction of sp³-hybridized carbons (Fsp3) is 0.143. The Morgan fingerprint density at radius 3 is 2.26 bits per heavy atom. The van der Waals surface area contributed by atoms with Gasteiger partial charge in [0.05, 0.1) is 15.4 Å². The molecule has 0 unspecified atom stereocenters. The van der Waals surface area contributed by atoms with Crippen LogP contribution in [0, 0.1) is 10.1 Å². The van der Waals surface area contributed by atoms with Crippen molar-refractivity contribution in [2.24, 2.45) is 0 Å². The van der Waals surface area contributed by atoms with Crippen LogP contribution in [0.4, 0.5) is 11.4 Å². The van der Waals surface area contributed by atoms with E-state index in [9.17, 15) is 18.5 Å². The van der Waals surface area contributed by atoms with Gasteiger partial charge in [0.2, 0.25) is 0 Å². The minimum Gasteiger partial charge on any atom is -0.351 e. The molecule has 0 bridgehead atoms. The third-order valence-electron chi connectivity index (χ3n) is 4.25. The van der Waals surface area contributed by atoms with Gasteiger partial charge in [-0.2, -0.15) is 0 Å². The van der Waals surface area contributed by atoms with Crippen LogP contribution in [0.3, 0.4) is 0 Å². The molecule has 0 aliphatic rings. The van der Waals surface area contributed by atoms with E-state index in [1.54, 1.807) is 48.5 Å². The Labute approximate surface area is 184 Å². The molecule has 3 rings (SSSR count). The first-order valence-electron chi connectivity index (χ1n) is 9.04. The second kappa shape index (κ2) is 9.92. The normalized spacial score (nSPS) is 11.5. The van der Waals surface area contributed by atoms with Gasteiger partial charge in [-0.3, -0.25) is 14.8 Å². The second-order valence-electron chi connectivity index (χ2n) is 6.33. The molecular formula is C21H20N2O6S2. The highest BCUT2D eigenvalue weighted by Gasteiger charge is 2.22. The first kappa shape index (κ1) is 22.8. The summed E-state index contributed by atoms with van der Waals surface area (Å²) in [7, 11) is -0.905. The van der Waals surface area contributed by atoms with Crippen molar-refractivity contribution < 1.29 is 22.8 Å². The summed E-state index contributed by atoms with van der Waals surface area (Å²) in [5.41, 5.74) is 0.589. The molecule has 0 heterocycles. The SMILES string of the molecule is COC(OC)c1cc(Sc2cccc(NS(=O)(=O)c3ccccc3)c2)ccc1[N+](=O)[O-].